The lowest BCUT2D eigenvalue weighted by Gasteiger charge is -2.35. The average molecular weight is 507 g/mol. The van der Waals surface area contributed by atoms with Gasteiger partial charge in [-0.2, -0.15) is 4.68 Å². The molecule has 10 heteroatoms. The summed E-state index contributed by atoms with van der Waals surface area (Å²) in [7, 11) is 0. The van der Waals surface area contributed by atoms with Gasteiger partial charge in [-0.1, -0.05) is 12.1 Å². The molecule has 10 nitrogen and oxygen atoms in total. The minimum absolute atomic E-state index is 0.0197. The molecule has 37 heavy (non-hydrogen) atoms. The van der Waals surface area contributed by atoms with Gasteiger partial charge in [-0.15, -0.1) is 5.10 Å². The number of piperazine rings is 1. The van der Waals surface area contributed by atoms with Gasteiger partial charge in [0.2, 0.25) is 0 Å². The Labute approximate surface area is 217 Å². The van der Waals surface area contributed by atoms with Gasteiger partial charge in [0.25, 0.3) is 5.91 Å². The van der Waals surface area contributed by atoms with E-state index in [4.69, 9.17) is 14.2 Å². The molecule has 0 N–H and O–H groups in total. The Bertz CT molecular complexity index is 1230. The number of aromatic nitrogens is 4. The van der Waals surface area contributed by atoms with E-state index in [1.165, 1.54) is 0 Å². The van der Waals surface area contributed by atoms with Gasteiger partial charge in [0.1, 0.15) is 11.4 Å². The molecule has 2 aromatic carbocycles. The normalized spacial score (nSPS) is 17.7. The van der Waals surface area contributed by atoms with Gasteiger partial charge in [0.05, 0.1) is 18.8 Å². The zero-order valence-electron chi connectivity index (χ0n) is 21.9. The van der Waals surface area contributed by atoms with Gasteiger partial charge in [-0.3, -0.25) is 9.69 Å². The first-order valence-corrected chi connectivity index (χ1v) is 12.8. The standard InChI is InChI=1S/C27H34N6O4/c1-5-35-22-11-9-21(10-12-22)33-24(28-29-30-33)18-31-13-15-32(16-14-31)26(34)19(2)36-23-8-6-7-20-17-27(3,4)37-25(20)23/h6-12,19H,5,13-18H2,1-4H3. The van der Waals surface area contributed by atoms with Crippen LogP contribution >= 0.6 is 0 Å². The van der Waals surface area contributed by atoms with Crippen molar-refractivity contribution in [3.63, 3.8) is 0 Å². The number of carbonyl (C=O) groups excluding carboxylic acids is 1. The fourth-order valence-corrected chi connectivity index (χ4v) is 4.86. The lowest BCUT2D eigenvalue weighted by Crippen LogP contribution is -2.51. The van der Waals surface area contributed by atoms with E-state index in [9.17, 15) is 4.79 Å². The highest BCUT2D eigenvalue weighted by Gasteiger charge is 2.34. The molecule has 0 saturated carbocycles. The Kier molecular flexibility index (Phi) is 7.01. The number of amides is 1. The number of benzene rings is 2. The van der Waals surface area contributed by atoms with Crippen LogP contribution in [0.3, 0.4) is 0 Å². The van der Waals surface area contributed by atoms with E-state index in [1.54, 1.807) is 11.6 Å². The smallest absolute Gasteiger partial charge is 0.263 e. The van der Waals surface area contributed by atoms with E-state index >= 15 is 0 Å². The molecule has 3 heterocycles. The fourth-order valence-electron chi connectivity index (χ4n) is 4.86. The van der Waals surface area contributed by atoms with Crippen LogP contribution in [-0.4, -0.2) is 80.4 Å². The van der Waals surface area contributed by atoms with Crippen LogP contribution in [0.1, 0.15) is 39.1 Å². The summed E-state index contributed by atoms with van der Waals surface area (Å²) in [6, 6.07) is 13.6. The molecule has 1 unspecified atom stereocenters. The van der Waals surface area contributed by atoms with Crippen LogP contribution in [0.2, 0.25) is 0 Å². The molecular formula is C27H34N6O4. The van der Waals surface area contributed by atoms with Crippen LogP contribution < -0.4 is 14.2 Å². The number of rotatable bonds is 8. The molecule has 0 bridgehead atoms. The Hall–Kier alpha value is -3.66. The van der Waals surface area contributed by atoms with Gasteiger partial charge in [0.15, 0.2) is 23.4 Å². The number of ether oxygens (including phenoxy) is 3. The first-order valence-electron chi connectivity index (χ1n) is 12.8. The predicted molar refractivity (Wildman–Crippen MR) is 137 cm³/mol. The Balaban J connectivity index is 1.16. The van der Waals surface area contributed by atoms with Crippen LogP contribution in [0.25, 0.3) is 5.69 Å². The van der Waals surface area contributed by atoms with Crippen molar-refractivity contribution >= 4 is 5.91 Å². The number of carbonyl (C=O) groups is 1. The third kappa shape index (κ3) is 5.53. The van der Waals surface area contributed by atoms with Crippen molar-refractivity contribution in [2.24, 2.45) is 0 Å². The topological polar surface area (TPSA) is 94.8 Å². The van der Waals surface area contributed by atoms with Gasteiger partial charge < -0.3 is 19.1 Å². The Morgan fingerprint density at radius 1 is 1.11 bits per heavy atom. The molecule has 0 aliphatic carbocycles. The van der Waals surface area contributed by atoms with Crippen molar-refractivity contribution in [2.45, 2.75) is 52.4 Å². The molecule has 1 amide bonds. The molecule has 0 spiro atoms. The number of hydrogen-bond donors (Lipinski definition) is 0. The van der Waals surface area contributed by atoms with Crippen molar-refractivity contribution in [3.8, 4) is 22.9 Å². The van der Waals surface area contributed by atoms with Crippen molar-refractivity contribution in [1.29, 1.82) is 0 Å². The minimum Gasteiger partial charge on any atom is -0.494 e. The second kappa shape index (κ2) is 10.4. The molecule has 1 fully saturated rings. The zero-order chi connectivity index (χ0) is 26.0. The summed E-state index contributed by atoms with van der Waals surface area (Å²) in [5, 5.41) is 12.3. The first-order chi connectivity index (χ1) is 17.8. The second-order valence-corrected chi connectivity index (χ2v) is 10.1. The Morgan fingerprint density at radius 2 is 1.86 bits per heavy atom. The van der Waals surface area contributed by atoms with Crippen LogP contribution in [0.15, 0.2) is 42.5 Å². The molecule has 196 valence electrons. The van der Waals surface area contributed by atoms with Gasteiger partial charge in [-0.05, 0) is 68.5 Å². The quantitative estimate of drug-likeness (QED) is 0.460. The van der Waals surface area contributed by atoms with Crippen LogP contribution in [-0.2, 0) is 17.8 Å². The fraction of sp³-hybridized carbons (Fsp3) is 0.481. The van der Waals surface area contributed by atoms with Gasteiger partial charge >= 0.3 is 0 Å². The van der Waals surface area contributed by atoms with Crippen molar-refractivity contribution in [2.75, 3.05) is 32.8 Å². The summed E-state index contributed by atoms with van der Waals surface area (Å²) in [5.74, 6) is 2.93. The van der Waals surface area contributed by atoms with Crippen molar-refractivity contribution in [3.05, 3.63) is 53.9 Å². The summed E-state index contributed by atoms with van der Waals surface area (Å²) in [4.78, 5) is 17.3. The summed E-state index contributed by atoms with van der Waals surface area (Å²) in [6.07, 6.45) is 0.225. The molecule has 3 aromatic rings. The Morgan fingerprint density at radius 3 is 2.59 bits per heavy atom. The summed E-state index contributed by atoms with van der Waals surface area (Å²) >= 11 is 0. The molecule has 1 atom stereocenters. The number of tetrazole rings is 1. The first kappa shape index (κ1) is 25.0. The monoisotopic (exact) mass is 506 g/mol. The lowest BCUT2D eigenvalue weighted by molar-refractivity contribution is -0.139. The molecular weight excluding hydrogens is 472 g/mol. The lowest BCUT2D eigenvalue weighted by atomic mass is 10.0. The van der Waals surface area contributed by atoms with E-state index in [2.05, 4.69) is 40.3 Å². The molecule has 5 rings (SSSR count). The maximum Gasteiger partial charge on any atom is 0.263 e. The number of nitrogens with zero attached hydrogens (tertiary/aromatic N) is 6. The molecule has 1 aromatic heterocycles. The summed E-state index contributed by atoms with van der Waals surface area (Å²) in [6.45, 7) is 11.8. The average Bonchev–Trinajstić information content (AvgIpc) is 3.47. The highest BCUT2D eigenvalue weighted by Crippen LogP contribution is 2.42. The van der Waals surface area contributed by atoms with Crippen LogP contribution in [0.4, 0.5) is 0 Å². The highest BCUT2D eigenvalue weighted by molar-refractivity contribution is 5.81. The third-order valence-corrected chi connectivity index (χ3v) is 6.68. The highest BCUT2D eigenvalue weighted by atomic mass is 16.5. The van der Waals surface area contributed by atoms with Gasteiger partial charge in [-0.25, -0.2) is 0 Å². The van der Waals surface area contributed by atoms with E-state index in [-0.39, 0.29) is 11.5 Å². The largest absolute Gasteiger partial charge is 0.494 e. The number of hydrogen-bond acceptors (Lipinski definition) is 8. The zero-order valence-corrected chi connectivity index (χ0v) is 21.9. The van der Waals surface area contributed by atoms with Crippen LogP contribution in [0, 0.1) is 0 Å². The summed E-state index contributed by atoms with van der Waals surface area (Å²) < 4.78 is 19.5. The SMILES string of the molecule is CCOc1ccc(-n2nnnc2CN2CCN(C(=O)C(C)Oc3cccc4c3OC(C)(C)C4)CC2)cc1. The second-order valence-electron chi connectivity index (χ2n) is 10.1. The number of para-hydroxylation sites is 1. The van der Waals surface area contributed by atoms with Gasteiger partial charge in [0, 0.05) is 38.2 Å². The molecule has 1 saturated heterocycles. The molecule has 2 aliphatic rings. The molecule has 2 aliphatic heterocycles. The van der Waals surface area contributed by atoms with E-state index in [0.29, 0.717) is 32.0 Å². The van der Waals surface area contributed by atoms with E-state index in [0.717, 1.165) is 48.1 Å². The van der Waals surface area contributed by atoms with E-state index < -0.39 is 6.10 Å². The van der Waals surface area contributed by atoms with Crippen molar-refractivity contribution < 1.29 is 19.0 Å². The van der Waals surface area contributed by atoms with E-state index in [1.807, 2.05) is 48.2 Å². The maximum absolute atomic E-state index is 13.2. The third-order valence-electron chi connectivity index (χ3n) is 6.68. The number of fused-ring (bicyclic) bond motifs is 1. The maximum atomic E-state index is 13.2. The molecule has 0 radical (unpaired) electrons. The minimum atomic E-state index is -0.600. The predicted octanol–water partition coefficient (Wildman–Crippen LogP) is 2.89. The van der Waals surface area contributed by atoms with Crippen molar-refractivity contribution in [1.82, 2.24) is 30.0 Å². The van der Waals surface area contributed by atoms with Crippen LogP contribution in [0.5, 0.6) is 17.2 Å². The summed E-state index contributed by atoms with van der Waals surface area (Å²) in [5.41, 5.74) is 1.73.